The van der Waals surface area contributed by atoms with Crippen LogP contribution in [0, 0.1) is 0 Å². The van der Waals surface area contributed by atoms with Crippen LogP contribution in [0.1, 0.15) is 15.5 Å². The molecule has 0 aliphatic rings. The highest BCUT2D eigenvalue weighted by atomic mass is 35.5. The zero-order chi connectivity index (χ0) is 17.1. The highest BCUT2D eigenvalue weighted by Crippen LogP contribution is 2.22. The summed E-state index contributed by atoms with van der Waals surface area (Å²) in [6.45, 7) is 0.882. The van der Waals surface area contributed by atoms with Gasteiger partial charge in [0.25, 0.3) is 5.91 Å². The summed E-state index contributed by atoms with van der Waals surface area (Å²) in [5.41, 5.74) is 0.899. The lowest BCUT2D eigenvalue weighted by Gasteiger charge is -2.05. The summed E-state index contributed by atoms with van der Waals surface area (Å²) in [5, 5.41) is 13.6. The van der Waals surface area contributed by atoms with E-state index in [4.69, 9.17) is 11.6 Å². The molecule has 0 aliphatic heterocycles. The van der Waals surface area contributed by atoms with Gasteiger partial charge in [0.2, 0.25) is 5.13 Å². The molecule has 0 aliphatic carbocycles. The SMILES string of the molecule is CN(C)CCc1nnc(NC(=O)c2ccc3cccc(Cl)c3n2)s1. The number of fused-ring (bicyclic) bond motifs is 1. The van der Waals surface area contributed by atoms with E-state index < -0.39 is 0 Å². The number of likely N-dealkylation sites (N-methyl/N-ethyl adjacent to an activating group) is 1. The minimum absolute atomic E-state index is 0.292. The quantitative estimate of drug-likeness (QED) is 0.756. The molecule has 0 saturated heterocycles. The number of carbonyl (C=O) groups excluding carboxylic acids is 1. The third-order valence-electron chi connectivity index (χ3n) is 3.36. The molecule has 0 fully saturated rings. The van der Waals surface area contributed by atoms with Gasteiger partial charge >= 0.3 is 0 Å². The van der Waals surface area contributed by atoms with E-state index >= 15 is 0 Å². The van der Waals surface area contributed by atoms with E-state index in [1.165, 1.54) is 11.3 Å². The summed E-state index contributed by atoms with van der Waals surface area (Å²) in [5.74, 6) is -0.327. The monoisotopic (exact) mass is 361 g/mol. The Balaban J connectivity index is 1.74. The molecule has 1 N–H and O–H groups in total. The first-order valence-electron chi connectivity index (χ1n) is 7.36. The van der Waals surface area contributed by atoms with E-state index in [0.29, 0.717) is 21.4 Å². The number of nitrogens with zero attached hydrogens (tertiary/aromatic N) is 4. The third kappa shape index (κ3) is 3.87. The van der Waals surface area contributed by atoms with Crippen molar-refractivity contribution in [3.63, 3.8) is 0 Å². The Morgan fingerprint density at radius 1 is 1.25 bits per heavy atom. The Hall–Kier alpha value is -2.09. The summed E-state index contributed by atoms with van der Waals surface area (Å²) in [7, 11) is 4.00. The lowest BCUT2D eigenvalue weighted by molar-refractivity contribution is 0.102. The van der Waals surface area contributed by atoms with Gasteiger partial charge in [0.05, 0.1) is 10.5 Å². The van der Waals surface area contributed by atoms with Crippen LogP contribution in [0.25, 0.3) is 10.9 Å². The number of aromatic nitrogens is 3. The molecule has 3 aromatic rings. The number of amides is 1. The zero-order valence-corrected chi connectivity index (χ0v) is 14.9. The topological polar surface area (TPSA) is 71.0 Å². The lowest BCUT2D eigenvalue weighted by atomic mass is 10.2. The normalized spacial score (nSPS) is 11.2. The number of carbonyl (C=O) groups is 1. The van der Waals surface area contributed by atoms with Gasteiger partial charge < -0.3 is 4.90 Å². The van der Waals surface area contributed by atoms with Gasteiger partial charge in [-0.2, -0.15) is 0 Å². The van der Waals surface area contributed by atoms with Crippen LogP contribution in [0.4, 0.5) is 5.13 Å². The number of benzene rings is 1. The van der Waals surface area contributed by atoms with Crippen molar-refractivity contribution >= 4 is 44.9 Å². The number of pyridine rings is 1. The van der Waals surface area contributed by atoms with Gasteiger partial charge in [-0.3, -0.25) is 10.1 Å². The van der Waals surface area contributed by atoms with E-state index in [0.717, 1.165) is 23.4 Å². The van der Waals surface area contributed by atoms with Crippen LogP contribution >= 0.6 is 22.9 Å². The first kappa shape index (κ1) is 16.8. The second-order valence-electron chi connectivity index (χ2n) is 5.52. The Labute approximate surface area is 148 Å². The highest BCUT2D eigenvalue weighted by Gasteiger charge is 2.13. The molecule has 1 aromatic carbocycles. The molecule has 0 atom stereocenters. The maximum atomic E-state index is 12.4. The van der Waals surface area contributed by atoms with E-state index in [-0.39, 0.29) is 5.91 Å². The van der Waals surface area contributed by atoms with Crippen LogP contribution in [0.3, 0.4) is 0 Å². The largest absolute Gasteiger partial charge is 0.309 e. The predicted molar refractivity (Wildman–Crippen MR) is 96.9 cm³/mol. The molecule has 0 radical (unpaired) electrons. The maximum absolute atomic E-state index is 12.4. The summed E-state index contributed by atoms with van der Waals surface area (Å²) in [4.78, 5) is 18.8. The van der Waals surface area contributed by atoms with Crippen LogP contribution in [-0.2, 0) is 6.42 Å². The molecule has 0 saturated carbocycles. The van der Waals surface area contributed by atoms with Crippen molar-refractivity contribution in [2.75, 3.05) is 26.0 Å². The number of nitrogens with one attached hydrogen (secondary N) is 1. The first-order valence-corrected chi connectivity index (χ1v) is 8.56. The van der Waals surface area contributed by atoms with Crippen molar-refractivity contribution in [2.45, 2.75) is 6.42 Å². The summed E-state index contributed by atoms with van der Waals surface area (Å²) in [6, 6.07) is 8.99. The summed E-state index contributed by atoms with van der Waals surface area (Å²) >= 11 is 7.51. The maximum Gasteiger partial charge on any atom is 0.276 e. The van der Waals surface area contributed by atoms with Gasteiger partial charge in [-0.25, -0.2) is 4.98 Å². The van der Waals surface area contributed by atoms with Gasteiger partial charge in [-0.05, 0) is 26.2 Å². The van der Waals surface area contributed by atoms with Gasteiger partial charge in [0, 0.05) is 18.4 Å². The van der Waals surface area contributed by atoms with Crippen LogP contribution < -0.4 is 5.32 Å². The second-order valence-corrected chi connectivity index (χ2v) is 6.99. The fourth-order valence-electron chi connectivity index (χ4n) is 2.12. The molecule has 0 bridgehead atoms. The van der Waals surface area contributed by atoms with Crippen LogP contribution in [0.5, 0.6) is 0 Å². The second kappa shape index (κ2) is 7.21. The standard InChI is InChI=1S/C16H16ClN5OS/c1-22(2)9-8-13-20-21-16(24-13)19-15(23)12-7-6-10-4-3-5-11(17)14(10)18-12/h3-7H,8-9H2,1-2H3,(H,19,21,23). The van der Waals surface area contributed by atoms with Crippen molar-refractivity contribution < 1.29 is 4.79 Å². The number of halogens is 1. The predicted octanol–water partition coefficient (Wildman–Crippen LogP) is 3.10. The van der Waals surface area contributed by atoms with E-state index in [2.05, 4.69) is 25.4 Å². The molecular formula is C16H16ClN5OS. The molecule has 0 spiro atoms. The average molecular weight is 362 g/mol. The van der Waals surface area contributed by atoms with Crippen molar-refractivity contribution in [1.29, 1.82) is 0 Å². The molecule has 24 heavy (non-hydrogen) atoms. The fourth-order valence-corrected chi connectivity index (χ4v) is 3.07. The summed E-state index contributed by atoms with van der Waals surface area (Å²) in [6.07, 6.45) is 0.796. The summed E-state index contributed by atoms with van der Waals surface area (Å²) < 4.78 is 0. The van der Waals surface area contributed by atoms with Crippen molar-refractivity contribution in [3.8, 4) is 0 Å². The Morgan fingerprint density at radius 2 is 2.08 bits per heavy atom. The van der Waals surface area contributed by atoms with E-state index in [9.17, 15) is 4.79 Å². The Kier molecular flexibility index (Phi) is 5.03. The van der Waals surface area contributed by atoms with E-state index in [1.807, 2.05) is 32.3 Å². The van der Waals surface area contributed by atoms with E-state index in [1.54, 1.807) is 12.1 Å². The van der Waals surface area contributed by atoms with Gasteiger partial charge in [0.1, 0.15) is 10.7 Å². The fraction of sp³-hybridized carbons (Fsp3) is 0.250. The Morgan fingerprint density at radius 3 is 2.88 bits per heavy atom. The number of para-hydroxylation sites is 1. The molecule has 2 aromatic heterocycles. The molecule has 1 amide bonds. The number of rotatable bonds is 5. The molecule has 0 unspecified atom stereocenters. The van der Waals surface area contributed by atoms with Crippen LogP contribution in [0.15, 0.2) is 30.3 Å². The molecule has 3 rings (SSSR count). The minimum atomic E-state index is -0.327. The smallest absolute Gasteiger partial charge is 0.276 e. The molecular weight excluding hydrogens is 346 g/mol. The molecule has 8 heteroatoms. The first-order chi connectivity index (χ1) is 11.5. The number of hydrogen-bond acceptors (Lipinski definition) is 6. The lowest BCUT2D eigenvalue weighted by Crippen LogP contribution is -2.14. The van der Waals surface area contributed by atoms with Crippen molar-refractivity contribution in [3.05, 3.63) is 46.1 Å². The number of hydrogen-bond donors (Lipinski definition) is 1. The average Bonchev–Trinajstić information content (AvgIpc) is 3.00. The minimum Gasteiger partial charge on any atom is -0.309 e. The van der Waals surface area contributed by atoms with Gasteiger partial charge in [-0.1, -0.05) is 41.1 Å². The van der Waals surface area contributed by atoms with Crippen LogP contribution in [-0.4, -0.2) is 46.6 Å². The van der Waals surface area contributed by atoms with Gasteiger partial charge in [0.15, 0.2) is 0 Å². The molecule has 6 nitrogen and oxygen atoms in total. The van der Waals surface area contributed by atoms with Crippen molar-refractivity contribution in [2.24, 2.45) is 0 Å². The zero-order valence-electron chi connectivity index (χ0n) is 13.3. The Bertz CT molecular complexity index is 880. The van der Waals surface area contributed by atoms with Crippen molar-refractivity contribution in [1.82, 2.24) is 20.1 Å². The van der Waals surface area contributed by atoms with Crippen LogP contribution in [0.2, 0.25) is 5.02 Å². The highest BCUT2D eigenvalue weighted by molar-refractivity contribution is 7.15. The number of anilines is 1. The van der Waals surface area contributed by atoms with Gasteiger partial charge in [-0.15, -0.1) is 10.2 Å². The molecule has 124 valence electrons. The third-order valence-corrected chi connectivity index (χ3v) is 4.57. The molecule has 2 heterocycles.